The number of aryl methyl sites for hydroxylation is 1. The van der Waals surface area contributed by atoms with Gasteiger partial charge in [-0.3, -0.25) is 0 Å². The van der Waals surface area contributed by atoms with Gasteiger partial charge in [0, 0.05) is 0 Å². The van der Waals surface area contributed by atoms with Gasteiger partial charge in [0.1, 0.15) is 5.76 Å². The lowest BCUT2D eigenvalue weighted by atomic mass is 10.1. The zero-order chi connectivity index (χ0) is 9.97. The summed E-state index contributed by atoms with van der Waals surface area (Å²) in [6, 6.07) is 2.48. The van der Waals surface area contributed by atoms with Crippen LogP contribution in [0.2, 0.25) is 0 Å². The molecule has 78 valence electrons. The van der Waals surface area contributed by atoms with Crippen LogP contribution in [0.5, 0.6) is 0 Å². The van der Waals surface area contributed by atoms with E-state index < -0.39 is 0 Å². The highest BCUT2D eigenvalue weighted by Crippen LogP contribution is 2.38. The monoisotopic (exact) mass is 193 g/mol. The molecule has 1 heterocycles. The molecule has 0 aromatic carbocycles. The summed E-state index contributed by atoms with van der Waals surface area (Å²) in [5.74, 6) is 2.07. The molecule has 1 N–H and O–H groups in total. The van der Waals surface area contributed by atoms with Crippen LogP contribution in [0.15, 0.2) is 16.7 Å². The fourth-order valence-corrected chi connectivity index (χ4v) is 1.96. The predicted molar refractivity (Wildman–Crippen MR) is 57.2 cm³/mol. The van der Waals surface area contributed by atoms with Crippen molar-refractivity contribution in [1.82, 2.24) is 5.32 Å². The maximum atomic E-state index is 5.55. The van der Waals surface area contributed by atoms with Crippen LogP contribution in [-0.2, 0) is 0 Å². The summed E-state index contributed by atoms with van der Waals surface area (Å²) in [6.45, 7) is 5.28. The molecular formula is C12H19NO. The zero-order valence-electron chi connectivity index (χ0n) is 9.05. The second kappa shape index (κ2) is 4.18. The third kappa shape index (κ3) is 2.18. The zero-order valence-corrected chi connectivity index (χ0v) is 9.05. The van der Waals surface area contributed by atoms with Crippen molar-refractivity contribution in [3.05, 3.63) is 23.7 Å². The van der Waals surface area contributed by atoms with Crippen molar-refractivity contribution in [2.75, 3.05) is 6.54 Å². The smallest absolute Gasteiger partial charge is 0.123 e. The maximum absolute atomic E-state index is 5.55. The number of hydrogen-bond acceptors (Lipinski definition) is 2. The van der Waals surface area contributed by atoms with Crippen LogP contribution in [-0.4, -0.2) is 6.54 Å². The Morgan fingerprint density at radius 1 is 1.57 bits per heavy atom. The fourth-order valence-electron chi connectivity index (χ4n) is 1.96. The predicted octanol–water partition coefficient (Wildman–Crippen LogP) is 3.04. The molecule has 1 aliphatic rings. The number of nitrogens with one attached hydrogen (secondary N) is 1. The van der Waals surface area contributed by atoms with Crippen molar-refractivity contribution in [2.24, 2.45) is 5.92 Å². The largest absolute Gasteiger partial charge is 0.467 e. The van der Waals surface area contributed by atoms with Crippen LogP contribution in [0.3, 0.4) is 0 Å². The van der Waals surface area contributed by atoms with Gasteiger partial charge >= 0.3 is 0 Å². The van der Waals surface area contributed by atoms with Gasteiger partial charge in [0.15, 0.2) is 0 Å². The van der Waals surface area contributed by atoms with E-state index in [1.54, 1.807) is 6.26 Å². The maximum Gasteiger partial charge on any atom is 0.123 e. The lowest BCUT2D eigenvalue weighted by molar-refractivity contribution is 0.386. The summed E-state index contributed by atoms with van der Waals surface area (Å²) in [4.78, 5) is 0. The van der Waals surface area contributed by atoms with Gasteiger partial charge in [0.05, 0.1) is 12.3 Å². The molecule has 1 aromatic heterocycles. The fraction of sp³-hybridized carbons (Fsp3) is 0.667. The molecule has 1 fully saturated rings. The second-order valence-electron chi connectivity index (χ2n) is 4.26. The molecule has 1 saturated carbocycles. The topological polar surface area (TPSA) is 25.2 Å². The number of rotatable bonds is 5. The summed E-state index contributed by atoms with van der Waals surface area (Å²) < 4.78 is 5.55. The summed E-state index contributed by atoms with van der Waals surface area (Å²) in [5.41, 5.74) is 1.27. The normalized spacial score (nSPS) is 18.4. The molecule has 2 nitrogen and oxygen atoms in total. The summed E-state index contributed by atoms with van der Waals surface area (Å²) in [7, 11) is 0. The molecule has 1 aliphatic carbocycles. The standard InChI is InChI=1S/C12H19NO/c1-3-13-11(8-10-4-5-10)12-9(2)6-7-14-12/h6-7,10-11,13H,3-5,8H2,1-2H3. The van der Waals surface area contributed by atoms with Gasteiger partial charge in [0.25, 0.3) is 0 Å². The highest BCUT2D eigenvalue weighted by atomic mass is 16.3. The van der Waals surface area contributed by atoms with E-state index in [1.807, 2.05) is 6.07 Å². The third-order valence-corrected chi connectivity index (χ3v) is 2.93. The van der Waals surface area contributed by atoms with E-state index in [4.69, 9.17) is 4.42 Å². The minimum atomic E-state index is 0.433. The van der Waals surface area contributed by atoms with Crippen LogP contribution in [0, 0.1) is 12.8 Å². The highest BCUT2D eigenvalue weighted by Gasteiger charge is 2.27. The van der Waals surface area contributed by atoms with E-state index >= 15 is 0 Å². The van der Waals surface area contributed by atoms with Crippen molar-refractivity contribution < 1.29 is 4.42 Å². The first-order chi connectivity index (χ1) is 6.81. The molecule has 0 saturated heterocycles. The lowest BCUT2D eigenvalue weighted by Crippen LogP contribution is -2.21. The first-order valence-corrected chi connectivity index (χ1v) is 5.58. The minimum Gasteiger partial charge on any atom is -0.467 e. The van der Waals surface area contributed by atoms with E-state index in [9.17, 15) is 0 Å². The van der Waals surface area contributed by atoms with Gasteiger partial charge in [0.2, 0.25) is 0 Å². The third-order valence-electron chi connectivity index (χ3n) is 2.93. The Kier molecular flexibility index (Phi) is 2.92. The first kappa shape index (κ1) is 9.78. The van der Waals surface area contributed by atoms with Crippen molar-refractivity contribution in [3.63, 3.8) is 0 Å². The van der Waals surface area contributed by atoms with Crippen LogP contribution in [0.1, 0.15) is 43.6 Å². The molecule has 1 atom stereocenters. The molecule has 0 spiro atoms. The van der Waals surface area contributed by atoms with Crippen molar-refractivity contribution in [1.29, 1.82) is 0 Å². The minimum absolute atomic E-state index is 0.433. The first-order valence-electron chi connectivity index (χ1n) is 5.58. The Morgan fingerprint density at radius 2 is 2.36 bits per heavy atom. The van der Waals surface area contributed by atoms with Gasteiger partial charge in [-0.05, 0) is 37.4 Å². The highest BCUT2D eigenvalue weighted by molar-refractivity contribution is 5.18. The molecule has 0 radical (unpaired) electrons. The molecule has 1 unspecified atom stereocenters. The van der Waals surface area contributed by atoms with E-state index in [-0.39, 0.29) is 0 Å². The van der Waals surface area contributed by atoms with Gasteiger partial charge in [-0.1, -0.05) is 19.8 Å². The summed E-state index contributed by atoms with van der Waals surface area (Å²) in [6.07, 6.45) is 5.84. The molecule has 0 amide bonds. The van der Waals surface area contributed by atoms with E-state index in [2.05, 4.69) is 19.2 Å². The molecule has 0 aliphatic heterocycles. The Morgan fingerprint density at radius 3 is 2.86 bits per heavy atom. The molecule has 1 aromatic rings. The quantitative estimate of drug-likeness (QED) is 0.777. The van der Waals surface area contributed by atoms with Gasteiger partial charge < -0.3 is 9.73 Å². The Bertz CT molecular complexity index is 288. The molecule has 0 bridgehead atoms. The Labute approximate surface area is 85.7 Å². The Hall–Kier alpha value is -0.760. The number of furan rings is 1. The van der Waals surface area contributed by atoms with Crippen LogP contribution >= 0.6 is 0 Å². The molecular weight excluding hydrogens is 174 g/mol. The van der Waals surface area contributed by atoms with Crippen LogP contribution in [0.4, 0.5) is 0 Å². The van der Waals surface area contributed by atoms with E-state index in [1.165, 1.54) is 24.8 Å². The van der Waals surface area contributed by atoms with Gasteiger partial charge in [-0.25, -0.2) is 0 Å². The van der Waals surface area contributed by atoms with Crippen molar-refractivity contribution >= 4 is 0 Å². The lowest BCUT2D eigenvalue weighted by Gasteiger charge is -2.15. The van der Waals surface area contributed by atoms with Gasteiger partial charge in [-0.15, -0.1) is 0 Å². The van der Waals surface area contributed by atoms with E-state index in [0.29, 0.717) is 6.04 Å². The molecule has 14 heavy (non-hydrogen) atoms. The second-order valence-corrected chi connectivity index (χ2v) is 4.26. The SMILES string of the molecule is CCNC(CC1CC1)c1occc1C. The van der Waals surface area contributed by atoms with Crippen molar-refractivity contribution in [2.45, 2.75) is 39.2 Å². The van der Waals surface area contributed by atoms with Crippen LogP contribution < -0.4 is 5.32 Å². The van der Waals surface area contributed by atoms with Gasteiger partial charge in [-0.2, -0.15) is 0 Å². The average molecular weight is 193 g/mol. The number of hydrogen-bond donors (Lipinski definition) is 1. The molecule has 2 rings (SSSR count). The molecule has 2 heteroatoms. The van der Waals surface area contributed by atoms with Crippen LogP contribution in [0.25, 0.3) is 0 Å². The van der Waals surface area contributed by atoms with Crippen molar-refractivity contribution in [3.8, 4) is 0 Å². The van der Waals surface area contributed by atoms with E-state index in [0.717, 1.165) is 18.2 Å². The summed E-state index contributed by atoms with van der Waals surface area (Å²) in [5, 5.41) is 3.50. The average Bonchev–Trinajstić information content (AvgIpc) is 2.87. The summed E-state index contributed by atoms with van der Waals surface area (Å²) >= 11 is 0. The Balaban J connectivity index is 2.04.